The summed E-state index contributed by atoms with van der Waals surface area (Å²) in [7, 11) is 0. The number of carbonyl (C=O) groups excluding carboxylic acids is 2. The van der Waals surface area contributed by atoms with Crippen LogP contribution in [0.2, 0.25) is 0 Å². The topological polar surface area (TPSA) is 129 Å². The molecule has 3 aliphatic heterocycles. The Bertz CT molecular complexity index is 1200. The molecule has 2 amide bonds. The van der Waals surface area contributed by atoms with E-state index in [-0.39, 0.29) is 42.8 Å². The lowest BCUT2D eigenvalue weighted by Crippen LogP contribution is -2.57. The molecule has 3 fully saturated rings. The number of likely N-dealkylation sites (tertiary alicyclic amines) is 1. The number of aliphatic hydroxyl groups excluding tert-OH is 1. The minimum atomic E-state index is -0.972. The van der Waals surface area contributed by atoms with E-state index in [0.717, 1.165) is 5.52 Å². The highest BCUT2D eigenvalue weighted by atomic mass is 32.2. The second kappa shape index (κ2) is 9.51. The van der Waals surface area contributed by atoms with Crippen molar-refractivity contribution in [2.75, 3.05) is 19.7 Å². The van der Waals surface area contributed by atoms with Gasteiger partial charge in [0, 0.05) is 24.9 Å². The summed E-state index contributed by atoms with van der Waals surface area (Å²) in [4.78, 5) is 43.6. The fraction of sp³-hybridized carbons (Fsp3) is 0.560. The zero-order valence-electron chi connectivity index (χ0n) is 20.2. The van der Waals surface area contributed by atoms with Crippen molar-refractivity contribution < 1.29 is 24.6 Å². The Morgan fingerprint density at radius 2 is 2.11 bits per heavy atom. The fourth-order valence-electron chi connectivity index (χ4n) is 6.45. The molecule has 11 heteroatoms. The van der Waals surface area contributed by atoms with Crippen molar-refractivity contribution in [3.63, 3.8) is 0 Å². The largest absolute Gasteiger partial charge is 0.481 e. The molecule has 3 unspecified atom stereocenters. The molecule has 1 aromatic carbocycles. The maximum absolute atomic E-state index is 14.3. The average Bonchev–Trinajstić information content (AvgIpc) is 3.57. The summed E-state index contributed by atoms with van der Waals surface area (Å²) < 4.78 is 0.854. The maximum atomic E-state index is 14.3. The van der Waals surface area contributed by atoms with Gasteiger partial charge in [0.2, 0.25) is 11.8 Å². The second-order valence-corrected chi connectivity index (χ2v) is 11.5. The number of rotatable bonds is 10. The van der Waals surface area contributed by atoms with E-state index in [0.29, 0.717) is 31.3 Å². The fourth-order valence-corrected chi connectivity index (χ4v) is 8.85. The molecule has 2 N–H and O–H groups in total. The van der Waals surface area contributed by atoms with Crippen LogP contribution in [0.25, 0.3) is 11.0 Å². The minimum Gasteiger partial charge on any atom is -0.481 e. The first-order chi connectivity index (χ1) is 17.3. The van der Waals surface area contributed by atoms with E-state index in [1.165, 1.54) is 11.8 Å². The normalized spacial score (nSPS) is 30.7. The molecule has 0 saturated carbocycles. The molecule has 0 aliphatic carbocycles. The third kappa shape index (κ3) is 3.62. The lowest BCUT2D eigenvalue weighted by molar-refractivity contribution is -0.149. The summed E-state index contributed by atoms with van der Waals surface area (Å²) >= 11 is 1.52. The number of unbranched alkanes of at least 4 members (excludes halogenated alkanes) is 1. The zero-order chi connectivity index (χ0) is 25.6. The molecule has 5 rings (SSSR count). The average molecular weight is 514 g/mol. The number of benzene rings is 1. The number of aliphatic carboxylic acids is 1. The quantitative estimate of drug-likeness (QED) is 0.362. The molecule has 10 nitrogen and oxygen atoms in total. The van der Waals surface area contributed by atoms with Gasteiger partial charge in [-0.2, -0.15) is 0 Å². The van der Waals surface area contributed by atoms with E-state index < -0.39 is 28.6 Å². The highest BCUT2D eigenvalue weighted by Crippen LogP contribution is 2.68. The van der Waals surface area contributed by atoms with E-state index in [1.54, 1.807) is 20.6 Å². The number of carboxylic acid groups (broad SMARTS) is 1. The van der Waals surface area contributed by atoms with Gasteiger partial charge < -0.3 is 20.0 Å². The molecule has 192 valence electrons. The number of para-hydroxylation sites is 1. The SMILES string of the molecule is C=CCN(Cn1nnc2ccccc21)C(=O)C1N(CCCCO)C(=O)[C@@H]2[C@H](C(=O)O)[C@@H]3CC(C)C12S3. The summed E-state index contributed by atoms with van der Waals surface area (Å²) in [5.74, 6) is -3.00. The highest BCUT2D eigenvalue weighted by Gasteiger charge is 2.76. The number of nitrogens with zero attached hydrogens (tertiary/aromatic N) is 5. The maximum Gasteiger partial charge on any atom is 0.308 e. The molecule has 3 aliphatic rings. The Morgan fingerprint density at radius 1 is 1.33 bits per heavy atom. The number of hydrogen-bond acceptors (Lipinski definition) is 7. The molecule has 2 bridgehead atoms. The van der Waals surface area contributed by atoms with Gasteiger partial charge in [-0.25, -0.2) is 4.68 Å². The molecule has 6 atom stereocenters. The van der Waals surface area contributed by atoms with E-state index in [9.17, 15) is 24.6 Å². The smallest absolute Gasteiger partial charge is 0.308 e. The Balaban J connectivity index is 1.53. The van der Waals surface area contributed by atoms with Gasteiger partial charge in [-0.1, -0.05) is 30.3 Å². The number of aromatic nitrogens is 3. The summed E-state index contributed by atoms with van der Waals surface area (Å²) in [6.07, 6.45) is 3.33. The van der Waals surface area contributed by atoms with E-state index in [1.807, 2.05) is 31.2 Å². The second-order valence-electron chi connectivity index (χ2n) is 9.92. The minimum absolute atomic E-state index is 0.00613. The van der Waals surface area contributed by atoms with Gasteiger partial charge in [0.15, 0.2) is 0 Å². The van der Waals surface area contributed by atoms with Gasteiger partial charge in [0.1, 0.15) is 18.2 Å². The molecule has 1 spiro atoms. The zero-order valence-corrected chi connectivity index (χ0v) is 21.0. The Hall–Kier alpha value is -2.92. The van der Waals surface area contributed by atoms with Crippen molar-refractivity contribution in [2.45, 2.75) is 48.9 Å². The summed E-state index contributed by atoms with van der Waals surface area (Å²) in [5, 5.41) is 27.6. The monoisotopic (exact) mass is 513 g/mol. The van der Waals surface area contributed by atoms with Crippen LogP contribution in [0.5, 0.6) is 0 Å². The van der Waals surface area contributed by atoms with Crippen molar-refractivity contribution >= 4 is 40.6 Å². The van der Waals surface area contributed by atoms with Crippen LogP contribution in [-0.4, -0.2) is 88.5 Å². The lowest BCUT2D eigenvalue weighted by atomic mass is 9.66. The molecular formula is C25H31N5O5S. The van der Waals surface area contributed by atoms with Gasteiger partial charge in [0.25, 0.3) is 0 Å². The number of carboxylic acids is 1. The standard InChI is InChI=1S/C25H31N5O5S/c1-3-10-28(14-30-17-9-5-4-8-16(17)26-27-30)23(33)21-25-15(2)13-18(36-25)19(24(34)35)20(25)22(32)29(21)11-6-7-12-31/h3-5,8-9,15,18-21,31H,1,6-7,10-14H2,2H3,(H,34,35)/t15?,18-,19+,20-,21?,25?/m0/s1. The van der Waals surface area contributed by atoms with Crippen LogP contribution in [0.1, 0.15) is 26.2 Å². The molecule has 3 saturated heterocycles. The number of carbonyl (C=O) groups is 3. The van der Waals surface area contributed by atoms with Gasteiger partial charge in [-0.15, -0.1) is 23.4 Å². The third-order valence-electron chi connectivity index (χ3n) is 7.96. The number of hydrogen-bond donors (Lipinski definition) is 2. The van der Waals surface area contributed by atoms with E-state index >= 15 is 0 Å². The van der Waals surface area contributed by atoms with Gasteiger partial charge in [-0.3, -0.25) is 14.4 Å². The Morgan fingerprint density at radius 3 is 2.83 bits per heavy atom. The van der Waals surface area contributed by atoms with Crippen LogP contribution in [-0.2, 0) is 21.1 Å². The third-order valence-corrected chi connectivity index (χ3v) is 10.0. The van der Waals surface area contributed by atoms with E-state index in [4.69, 9.17) is 0 Å². The number of fused-ring (bicyclic) bond motifs is 2. The lowest BCUT2D eigenvalue weighted by Gasteiger charge is -2.40. The first-order valence-corrected chi connectivity index (χ1v) is 13.2. The van der Waals surface area contributed by atoms with Crippen molar-refractivity contribution in [1.82, 2.24) is 24.8 Å². The molecule has 36 heavy (non-hydrogen) atoms. The number of amides is 2. The first kappa shape index (κ1) is 24.8. The number of aliphatic hydroxyl groups is 1. The van der Waals surface area contributed by atoms with Crippen molar-refractivity contribution in [1.29, 1.82) is 0 Å². The predicted octanol–water partition coefficient (Wildman–Crippen LogP) is 1.60. The van der Waals surface area contributed by atoms with Crippen LogP contribution in [0.3, 0.4) is 0 Å². The molecule has 0 radical (unpaired) electrons. The van der Waals surface area contributed by atoms with Crippen molar-refractivity contribution in [3.8, 4) is 0 Å². The molecule has 1 aromatic heterocycles. The van der Waals surface area contributed by atoms with Crippen LogP contribution >= 0.6 is 11.8 Å². The van der Waals surface area contributed by atoms with Crippen LogP contribution < -0.4 is 0 Å². The van der Waals surface area contributed by atoms with Crippen molar-refractivity contribution in [3.05, 3.63) is 36.9 Å². The van der Waals surface area contributed by atoms with Gasteiger partial charge in [0.05, 0.1) is 22.1 Å². The van der Waals surface area contributed by atoms with E-state index in [2.05, 4.69) is 16.9 Å². The van der Waals surface area contributed by atoms with Gasteiger partial charge in [-0.05, 0) is 37.3 Å². The predicted molar refractivity (Wildman–Crippen MR) is 134 cm³/mol. The summed E-state index contributed by atoms with van der Waals surface area (Å²) in [6.45, 7) is 6.52. The summed E-state index contributed by atoms with van der Waals surface area (Å²) in [5.41, 5.74) is 1.50. The number of thioether (sulfide) groups is 1. The van der Waals surface area contributed by atoms with Crippen LogP contribution in [0, 0.1) is 17.8 Å². The Labute approximate surface area is 213 Å². The van der Waals surface area contributed by atoms with Gasteiger partial charge >= 0.3 is 5.97 Å². The molecule has 4 heterocycles. The molecule has 2 aromatic rings. The molecular weight excluding hydrogens is 482 g/mol. The van der Waals surface area contributed by atoms with Crippen molar-refractivity contribution in [2.24, 2.45) is 17.8 Å². The summed E-state index contributed by atoms with van der Waals surface area (Å²) in [6, 6.07) is 6.69. The first-order valence-electron chi connectivity index (χ1n) is 12.3. The Kier molecular flexibility index (Phi) is 6.54. The highest BCUT2D eigenvalue weighted by molar-refractivity contribution is 8.02. The van der Waals surface area contributed by atoms with Crippen LogP contribution in [0.4, 0.5) is 0 Å². The van der Waals surface area contributed by atoms with Crippen LogP contribution in [0.15, 0.2) is 36.9 Å².